The Balaban J connectivity index is 2.41. The van der Waals surface area contributed by atoms with Gasteiger partial charge in [0.2, 0.25) is 11.8 Å². The second-order valence-electron chi connectivity index (χ2n) is 4.98. The van der Waals surface area contributed by atoms with E-state index in [-0.39, 0.29) is 6.07 Å². The van der Waals surface area contributed by atoms with Crippen LogP contribution in [0, 0.1) is 5.92 Å². The maximum absolute atomic E-state index is 12.7. The van der Waals surface area contributed by atoms with Gasteiger partial charge in [0.05, 0.1) is 11.1 Å². The lowest BCUT2D eigenvalue weighted by molar-refractivity contribution is -0.143. The second-order valence-corrected chi connectivity index (χ2v) is 4.98. The summed E-state index contributed by atoms with van der Waals surface area (Å²) in [4.78, 5) is 34.0. The maximum Gasteiger partial charge on any atom is 0.416 e. The maximum atomic E-state index is 12.7. The lowest BCUT2D eigenvalue weighted by Gasteiger charge is -2.21. The monoisotopic (exact) mass is 354 g/mol. The highest BCUT2D eigenvalue weighted by Gasteiger charge is 2.39. The summed E-state index contributed by atoms with van der Waals surface area (Å²) in [6, 6.07) is -0.326. The molecule has 1 aliphatic rings. The van der Waals surface area contributed by atoms with Gasteiger partial charge in [-0.3, -0.25) is 20.2 Å². The quantitative estimate of drug-likeness (QED) is 0.632. The number of halogens is 6. The van der Waals surface area contributed by atoms with Crippen LogP contribution in [0.25, 0.3) is 0 Å². The summed E-state index contributed by atoms with van der Waals surface area (Å²) in [5.74, 6) is -3.82. The topological polar surface area (TPSA) is 75.3 Å². The molecule has 0 radical (unpaired) electrons. The van der Waals surface area contributed by atoms with Crippen LogP contribution >= 0.6 is 0 Å². The third-order valence-electron chi connectivity index (χ3n) is 3.19. The van der Waals surface area contributed by atoms with E-state index in [4.69, 9.17) is 0 Å². The summed E-state index contributed by atoms with van der Waals surface area (Å²) in [5.41, 5.74) is -3.62. The van der Waals surface area contributed by atoms with E-state index in [1.165, 1.54) is 0 Å². The Morgan fingerprint density at radius 3 is 1.58 bits per heavy atom. The Morgan fingerprint density at radius 1 is 0.792 bits per heavy atom. The molecular formula is C13H8F6N2O3. The van der Waals surface area contributed by atoms with E-state index in [9.17, 15) is 40.7 Å². The number of benzene rings is 1. The summed E-state index contributed by atoms with van der Waals surface area (Å²) in [7, 11) is 0. The van der Waals surface area contributed by atoms with Gasteiger partial charge in [-0.2, -0.15) is 26.3 Å². The van der Waals surface area contributed by atoms with Crippen molar-refractivity contribution in [3.05, 3.63) is 34.9 Å². The number of urea groups is 1. The predicted octanol–water partition coefficient (Wildman–Crippen LogP) is 2.25. The molecule has 2 rings (SSSR count). The first-order chi connectivity index (χ1) is 10.9. The number of rotatable bonds is 2. The van der Waals surface area contributed by atoms with Crippen molar-refractivity contribution in [3.8, 4) is 0 Å². The normalized spacial score (nSPS) is 16.8. The Hall–Kier alpha value is -2.59. The van der Waals surface area contributed by atoms with Gasteiger partial charge in [0, 0.05) is 0 Å². The predicted molar refractivity (Wildman–Crippen MR) is 65.3 cm³/mol. The number of imide groups is 2. The van der Waals surface area contributed by atoms with E-state index in [1.54, 1.807) is 10.6 Å². The minimum absolute atomic E-state index is 0.0615. The first-order valence-corrected chi connectivity index (χ1v) is 6.32. The standard InChI is InChI=1S/C13H8F6N2O3/c14-12(15,16)6-1-5(2-7(4-6)13(17,18)19)3-8-9(22)20-11(24)21-10(8)23/h1-2,4,8H,3H2,(H2,20,21,22,23,24). The molecule has 1 fully saturated rings. The van der Waals surface area contributed by atoms with E-state index in [2.05, 4.69) is 0 Å². The van der Waals surface area contributed by atoms with Gasteiger partial charge < -0.3 is 0 Å². The van der Waals surface area contributed by atoms with E-state index >= 15 is 0 Å². The SMILES string of the molecule is O=C1NC(=O)C(Cc2cc(C(F)(F)F)cc(C(F)(F)F)c2)C(=O)N1. The van der Waals surface area contributed by atoms with Crippen LogP contribution in [-0.2, 0) is 28.4 Å². The zero-order valence-corrected chi connectivity index (χ0v) is 11.5. The summed E-state index contributed by atoms with van der Waals surface area (Å²) in [6.45, 7) is 0. The molecule has 1 saturated heterocycles. The molecule has 0 saturated carbocycles. The molecule has 1 aromatic carbocycles. The van der Waals surface area contributed by atoms with Gasteiger partial charge in [-0.25, -0.2) is 4.79 Å². The fourth-order valence-corrected chi connectivity index (χ4v) is 2.11. The molecule has 4 amide bonds. The molecule has 1 aliphatic heterocycles. The molecule has 130 valence electrons. The molecule has 11 heteroatoms. The van der Waals surface area contributed by atoms with Crippen LogP contribution in [0.2, 0.25) is 0 Å². The van der Waals surface area contributed by atoms with Crippen LogP contribution < -0.4 is 10.6 Å². The molecule has 0 atom stereocenters. The van der Waals surface area contributed by atoms with Crippen LogP contribution in [0.3, 0.4) is 0 Å². The summed E-state index contributed by atoms with van der Waals surface area (Å²) < 4.78 is 76.5. The van der Waals surface area contributed by atoms with Crippen molar-refractivity contribution in [1.29, 1.82) is 0 Å². The molecule has 0 bridgehead atoms. The smallest absolute Gasteiger partial charge is 0.277 e. The fourth-order valence-electron chi connectivity index (χ4n) is 2.11. The molecule has 1 aromatic rings. The zero-order chi connectivity index (χ0) is 18.3. The fraction of sp³-hybridized carbons (Fsp3) is 0.308. The number of amides is 4. The first-order valence-electron chi connectivity index (χ1n) is 6.32. The number of carbonyl (C=O) groups excluding carboxylic acids is 3. The number of nitrogens with one attached hydrogen (secondary N) is 2. The third kappa shape index (κ3) is 3.84. The largest absolute Gasteiger partial charge is 0.416 e. The molecule has 5 nitrogen and oxygen atoms in total. The summed E-state index contributed by atoms with van der Waals surface area (Å²) >= 11 is 0. The van der Waals surface area contributed by atoms with Gasteiger partial charge in [0.25, 0.3) is 0 Å². The van der Waals surface area contributed by atoms with Crippen LogP contribution in [0.1, 0.15) is 16.7 Å². The van der Waals surface area contributed by atoms with Gasteiger partial charge in [-0.15, -0.1) is 0 Å². The molecule has 0 spiro atoms. The Labute approximate surface area is 130 Å². The van der Waals surface area contributed by atoms with E-state index in [1.807, 2.05) is 0 Å². The number of hydrogen-bond acceptors (Lipinski definition) is 3. The summed E-state index contributed by atoms with van der Waals surface area (Å²) in [5, 5.41) is 3.43. The van der Waals surface area contributed by atoms with Gasteiger partial charge >= 0.3 is 18.4 Å². The van der Waals surface area contributed by atoms with Crippen molar-refractivity contribution < 1.29 is 40.7 Å². The number of barbiturate groups is 1. The number of alkyl halides is 6. The second kappa shape index (κ2) is 5.80. The minimum atomic E-state index is -5.04. The van der Waals surface area contributed by atoms with Crippen molar-refractivity contribution in [3.63, 3.8) is 0 Å². The highest BCUT2D eigenvalue weighted by molar-refractivity contribution is 6.16. The lowest BCUT2D eigenvalue weighted by atomic mass is 9.93. The summed E-state index contributed by atoms with van der Waals surface area (Å²) in [6.07, 6.45) is -10.8. The third-order valence-corrected chi connectivity index (χ3v) is 3.19. The molecular weight excluding hydrogens is 346 g/mol. The van der Waals surface area contributed by atoms with Gasteiger partial charge in [-0.1, -0.05) is 0 Å². The molecule has 0 aliphatic carbocycles. The van der Waals surface area contributed by atoms with Gasteiger partial charge in [0.1, 0.15) is 5.92 Å². The minimum Gasteiger partial charge on any atom is -0.277 e. The molecule has 0 aromatic heterocycles. The van der Waals surface area contributed by atoms with Crippen molar-refractivity contribution in [2.75, 3.05) is 0 Å². The number of carbonyl (C=O) groups is 3. The van der Waals surface area contributed by atoms with Crippen LogP contribution in [0.5, 0.6) is 0 Å². The van der Waals surface area contributed by atoms with E-state index in [0.717, 1.165) is 0 Å². The zero-order valence-electron chi connectivity index (χ0n) is 11.5. The molecule has 1 heterocycles. The average Bonchev–Trinajstić information content (AvgIpc) is 2.40. The average molecular weight is 354 g/mol. The molecule has 24 heavy (non-hydrogen) atoms. The van der Waals surface area contributed by atoms with Crippen LogP contribution in [-0.4, -0.2) is 17.8 Å². The van der Waals surface area contributed by atoms with Crippen molar-refractivity contribution in [1.82, 2.24) is 10.6 Å². The Kier molecular flexibility index (Phi) is 4.29. The van der Waals surface area contributed by atoms with Crippen LogP contribution in [0.4, 0.5) is 31.1 Å². The number of hydrogen-bond donors (Lipinski definition) is 2. The highest BCUT2D eigenvalue weighted by atomic mass is 19.4. The van der Waals surface area contributed by atoms with Crippen molar-refractivity contribution >= 4 is 17.8 Å². The van der Waals surface area contributed by atoms with Gasteiger partial charge in [0.15, 0.2) is 0 Å². The van der Waals surface area contributed by atoms with Crippen molar-refractivity contribution in [2.45, 2.75) is 18.8 Å². The van der Waals surface area contributed by atoms with Gasteiger partial charge in [-0.05, 0) is 30.2 Å². The first kappa shape index (κ1) is 17.8. The Bertz CT molecular complexity index is 658. The van der Waals surface area contributed by atoms with E-state index < -0.39 is 59.2 Å². The van der Waals surface area contributed by atoms with Crippen LogP contribution in [0.15, 0.2) is 18.2 Å². The van der Waals surface area contributed by atoms with E-state index in [0.29, 0.717) is 12.1 Å². The highest BCUT2D eigenvalue weighted by Crippen LogP contribution is 2.36. The molecule has 0 unspecified atom stereocenters. The van der Waals surface area contributed by atoms with Crippen molar-refractivity contribution in [2.24, 2.45) is 5.92 Å². The lowest BCUT2D eigenvalue weighted by Crippen LogP contribution is -2.56. The Morgan fingerprint density at radius 2 is 1.21 bits per heavy atom. The molecule has 2 N–H and O–H groups in total.